The molecule has 7 heteroatoms. The van der Waals surface area contributed by atoms with Crippen LogP contribution in [-0.4, -0.2) is 35.7 Å². The molecule has 0 aliphatic heterocycles. The molecule has 0 radical (unpaired) electrons. The van der Waals surface area contributed by atoms with Crippen LogP contribution >= 0.6 is 0 Å². The second-order valence-electron chi connectivity index (χ2n) is 6.15. The number of hydrogen-bond acceptors (Lipinski definition) is 5. The molecule has 3 rings (SSSR count). The van der Waals surface area contributed by atoms with E-state index in [9.17, 15) is 18.3 Å². The zero-order valence-electron chi connectivity index (χ0n) is 13.3. The second kappa shape index (κ2) is 5.98. The molecule has 1 aliphatic rings. The van der Waals surface area contributed by atoms with Crippen LogP contribution in [0, 0.1) is 0 Å². The minimum atomic E-state index is -3.62. The van der Waals surface area contributed by atoms with Gasteiger partial charge in [0.1, 0.15) is 5.56 Å². The van der Waals surface area contributed by atoms with E-state index in [1.54, 1.807) is 0 Å². The van der Waals surface area contributed by atoms with Crippen molar-refractivity contribution in [1.82, 2.24) is 9.97 Å². The molecule has 1 aromatic carbocycles. The summed E-state index contributed by atoms with van der Waals surface area (Å²) in [7, 11) is -3.62. The van der Waals surface area contributed by atoms with Crippen molar-refractivity contribution in [3.8, 4) is 0 Å². The van der Waals surface area contributed by atoms with Gasteiger partial charge in [-0.15, -0.1) is 0 Å². The molecule has 1 aromatic heterocycles. The summed E-state index contributed by atoms with van der Waals surface area (Å²) in [6, 6.07) is 9.58. The molecule has 0 bridgehead atoms. The fraction of sp³-hybridized carbons (Fsp3) is 0.353. The highest BCUT2D eigenvalue weighted by Gasteiger charge is 2.42. The van der Waals surface area contributed by atoms with Crippen LogP contribution in [0.4, 0.5) is 0 Å². The molecule has 1 saturated carbocycles. The Kier molecular flexibility index (Phi) is 4.13. The predicted octanol–water partition coefficient (Wildman–Crippen LogP) is 2.44. The second-order valence-corrected chi connectivity index (χ2v) is 8.06. The summed E-state index contributed by atoms with van der Waals surface area (Å²) in [6.45, 7) is 0. The van der Waals surface area contributed by atoms with Crippen LogP contribution < -0.4 is 0 Å². The lowest BCUT2D eigenvalue weighted by atomic mass is 9.74. The number of carboxylic acids is 1. The van der Waals surface area contributed by atoms with Gasteiger partial charge in [-0.25, -0.2) is 23.2 Å². The number of rotatable bonds is 4. The summed E-state index contributed by atoms with van der Waals surface area (Å²) < 4.78 is 23.7. The van der Waals surface area contributed by atoms with Gasteiger partial charge >= 0.3 is 5.97 Å². The van der Waals surface area contributed by atoms with E-state index in [-0.39, 0.29) is 10.7 Å². The number of aromatic carboxylic acids is 1. The summed E-state index contributed by atoms with van der Waals surface area (Å²) in [5.74, 6) is -1.15. The molecule has 126 valence electrons. The molecule has 0 spiro atoms. The van der Waals surface area contributed by atoms with Gasteiger partial charge in [-0.05, 0) is 18.4 Å². The molecule has 1 N–H and O–H groups in total. The lowest BCUT2D eigenvalue weighted by Crippen LogP contribution is -2.29. The third kappa shape index (κ3) is 2.80. The molecule has 24 heavy (non-hydrogen) atoms. The van der Waals surface area contributed by atoms with Gasteiger partial charge in [-0.2, -0.15) is 0 Å². The van der Waals surface area contributed by atoms with Gasteiger partial charge in [-0.1, -0.05) is 43.2 Å². The fourth-order valence-electron chi connectivity index (χ4n) is 3.46. The Labute approximate surface area is 140 Å². The van der Waals surface area contributed by atoms with Crippen molar-refractivity contribution in [2.75, 3.05) is 6.26 Å². The van der Waals surface area contributed by atoms with Crippen LogP contribution in [0.3, 0.4) is 0 Å². The minimum Gasteiger partial charge on any atom is -0.478 e. The Morgan fingerprint density at radius 3 is 2.33 bits per heavy atom. The smallest absolute Gasteiger partial charge is 0.339 e. The van der Waals surface area contributed by atoms with E-state index >= 15 is 0 Å². The van der Waals surface area contributed by atoms with Crippen molar-refractivity contribution < 1.29 is 18.3 Å². The summed E-state index contributed by atoms with van der Waals surface area (Å²) in [4.78, 5) is 19.6. The maximum atomic E-state index is 11.8. The van der Waals surface area contributed by atoms with E-state index in [2.05, 4.69) is 9.97 Å². The molecule has 0 saturated heterocycles. The average molecular weight is 346 g/mol. The van der Waals surface area contributed by atoms with Crippen LogP contribution in [-0.2, 0) is 15.3 Å². The third-order valence-electron chi connectivity index (χ3n) is 4.57. The zero-order chi connectivity index (χ0) is 17.4. The molecule has 0 unspecified atom stereocenters. The first kappa shape index (κ1) is 16.6. The molecular weight excluding hydrogens is 328 g/mol. The molecule has 0 amide bonds. The van der Waals surface area contributed by atoms with Gasteiger partial charge in [-0.3, -0.25) is 0 Å². The van der Waals surface area contributed by atoms with Crippen molar-refractivity contribution in [3.63, 3.8) is 0 Å². The fourth-order valence-corrected chi connectivity index (χ4v) is 3.96. The monoisotopic (exact) mass is 346 g/mol. The third-order valence-corrected chi connectivity index (χ3v) is 5.43. The SMILES string of the molecule is CS(=O)(=O)c1ncc(C(=O)O)c(C2(c3ccccc3)CCCC2)n1. The number of aromatic nitrogens is 2. The van der Waals surface area contributed by atoms with Crippen molar-refractivity contribution in [1.29, 1.82) is 0 Å². The van der Waals surface area contributed by atoms with Crippen LogP contribution in [0.25, 0.3) is 0 Å². The van der Waals surface area contributed by atoms with E-state index in [4.69, 9.17) is 0 Å². The lowest BCUT2D eigenvalue weighted by molar-refractivity contribution is 0.0692. The molecule has 1 aliphatic carbocycles. The molecule has 1 heterocycles. The van der Waals surface area contributed by atoms with E-state index in [1.807, 2.05) is 30.3 Å². The van der Waals surface area contributed by atoms with Crippen LogP contribution in [0.2, 0.25) is 0 Å². The van der Waals surface area contributed by atoms with Crippen molar-refractivity contribution in [3.05, 3.63) is 53.3 Å². The van der Waals surface area contributed by atoms with Gasteiger partial charge in [0.25, 0.3) is 0 Å². The summed E-state index contributed by atoms with van der Waals surface area (Å²) in [5, 5.41) is 9.22. The normalized spacial score (nSPS) is 16.9. The number of carboxylic acid groups (broad SMARTS) is 1. The Morgan fingerprint density at radius 2 is 1.79 bits per heavy atom. The van der Waals surface area contributed by atoms with E-state index in [0.29, 0.717) is 5.69 Å². The number of nitrogens with zero attached hydrogens (tertiary/aromatic N) is 2. The maximum Gasteiger partial charge on any atom is 0.339 e. The summed E-state index contributed by atoms with van der Waals surface area (Å²) >= 11 is 0. The van der Waals surface area contributed by atoms with Gasteiger partial charge < -0.3 is 5.11 Å². The molecule has 1 fully saturated rings. The number of hydrogen-bond donors (Lipinski definition) is 1. The molecule has 0 atom stereocenters. The highest BCUT2D eigenvalue weighted by Crippen LogP contribution is 2.46. The molecule has 2 aromatic rings. The van der Waals surface area contributed by atoms with E-state index in [1.165, 1.54) is 0 Å². The highest BCUT2D eigenvalue weighted by molar-refractivity contribution is 7.90. The molecular formula is C17H18N2O4S. The number of sulfone groups is 1. The highest BCUT2D eigenvalue weighted by atomic mass is 32.2. The van der Waals surface area contributed by atoms with Crippen LogP contribution in [0.1, 0.15) is 47.3 Å². The Morgan fingerprint density at radius 1 is 1.17 bits per heavy atom. The van der Waals surface area contributed by atoms with Gasteiger partial charge in [0.05, 0.1) is 5.69 Å². The van der Waals surface area contributed by atoms with Crippen molar-refractivity contribution >= 4 is 15.8 Å². The Bertz CT molecular complexity index is 873. The first-order valence-electron chi connectivity index (χ1n) is 7.71. The number of carbonyl (C=O) groups is 1. The van der Waals surface area contributed by atoms with Crippen molar-refractivity contribution in [2.24, 2.45) is 0 Å². The standard InChI is InChI=1S/C17H18N2O4S/c1-24(22,23)16-18-11-13(15(20)21)14(19-16)17(9-5-6-10-17)12-7-3-2-4-8-12/h2-4,7-8,11H,5-6,9-10H2,1H3,(H,20,21). The summed E-state index contributed by atoms with van der Waals surface area (Å²) in [5.41, 5.74) is 0.641. The van der Waals surface area contributed by atoms with Gasteiger partial charge in [0.15, 0.2) is 0 Å². The van der Waals surface area contributed by atoms with Crippen LogP contribution in [0.5, 0.6) is 0 Å². The lowest BCUT2D eigenvalue weighted by Gasteiger charge is -2.30. The largest absolute Gasteiger partial charge is 0.478 e. The quantitative estimate of drug-likeness (QED) is 0.854. The minimum absolute atomic E-state index is 0.0341. The maximum absolute atomic E-state index is 11.8. The Balaban J connectivity index is 2.30. The van der Waals surface area contributed by atoms with E-state index in [0.717, 1.165) is 43.7 Å². The zero-order valence-corrected chi connectivity index (χ0v) is 14.1. The van der Waals surface area contributed by atoms with E-state index < -0.39 is 21.2 Å². The van der Waals surface area contributed by atoms with Gasteiger partial charge in [0.2, 0.25) is 15.0 Å². The topological polar surface area (TPSA) is 97.2 Å². The summed E-state index contributed by atoms with van der Waals surface area (Å²) in [6.07, 6.45) is 5.48. The first-order chi connectivity index (χ1) is 11.3. The van der Waals surface area contributed by atoms with Crippen molar-refractivity contribution in [2.45, 2.75) is 36.3 Å². The average Bonchev–Trinajstić information content (AvgIpc) is 3.05. The Hall–Kier alpha value is -2.28. The molecule has 6 nitrogen and oxygen atoms in total. The first-order valence-corrected chi connectivity index (χ1v) is 9.60. The van der Waals surface area contributed by atoms with Crippen LogP contribution in [0.15, 0.2) is 41.7 Å². The van der Waals surface area contributed by atoms with Gasteiger partial charge in [0, 0.05) is 17.9 Å². The number of benzene rings is 1. The predicted molar refractivity (Wildman–Crippen MR) is 87.8 cm³/mol.